The fourth-order valence-electron chi connectivity index (χ4n) is 7.44. The number of ketones is 3. The Bertz CT molecular complexity index is 756. The second-order valence-corrected chi connectivity index (χ2v) is 10.4. The van der Waals surface area contributed by atoms with Crippen LogP contribution in [0.5, 0.6) is 0 Å². The van der Waals surface area contributed by atoms with Crippen molar-refractivity contribution < 1.29 is 23.9 Å². The first-order valence-corrected chi connectivity index (χ1v) is 10.8. The SMILES string of the molecule is CC(=O)O[C@]1(C(C)=O)CC[C@@]2(C)[C@@H](CC(=O)[C@@H]3[C@@H]2CC[C@]2(C)C(=O)CC[C@@H]32)C1. The van der Waals surface area contributed by atoms with E-state index in [1.807, 2.05) is 0 Å². The molecule has 0 saturated heterocycles. The summed E-state index contributed by atoms with van der Waals surface area (Å²) in [6, 6.07) is 0. The monoisotopic (exact) mass is 388 g/mol. The summed E-state index contributed by atoms with van der Waals surface area (Å²) >= 11 is 0. The van der Waals surface area contributed by atoms with E-state index in [4.69, 9.17) is 4.74 Å². The third kappa shape index (κ3) is 2.57. The second kappa shape index (κ2) is 6.24. The molecule has 0 amide bonds. The second-order valence-electron chi connectivity index (χ2n) is 10.4. The van der Waals surface area contributed by atoms with Crippen LogP contribution in [-0.4, -0.2) is 28.9 Å². The number of hydrogen-bond acceptors (Lipinski definition) is 5. The minimum atomic E-state index is -1.07. The maximum Gasteiger partial charge on any atom is 0.303 e. The average Bonchev–Trinajstić information content (AvgIpc) is 2.91. The van der Waals surface area contributed by atoms with Crippen molar-refractivity contribution in [3.05, 3.63) is 0 Å². The molecule has 0 N–H and O–H groups in total. The zero-order valence-electron chi connectivity index (χ0n) is 17.5. The minimum absolute atomic E-state index is 0.0231. The first-order valence-electron chi connectivity index (χ1n) is 10.8. The molecule has 0 aliphatic heterocycles. The molecule has 7 atom stereocenters. The predicted octanol–water partition coefficient (Wildman–Crippen LogP) is 3.67. The molecule has 28 heavy (non-hydrogen) atoms. The zero-order chi connectivity index (χ0) is 20.5. The molecule has 5 heteroatoms. The third-order valence-corrected chi connectivity index (χ3v) is 9.20. The molecule has 5 nitrogen and oxygen atoms in total. The van der Waals surface area contributed by atoms with E-state index in [9.17, 15) is 19.2 Å². The molecule has 0 radical (unpaired) electrons. The van der Waals surface area contributed by atoms with E-state index in [0.717, 1.165) is 25.7 Å². The van der Waals surface area contributed by atoms with Crippen molar-refractivity contribution in [3.8, 4) is 0 Å². The Labute approximate surface area is 167 Å². The summed E-state index contributed by atoms with van der Waals surface area (Å²) in [5.41, 5.74) is -1.43. The van der Waals surface area contributed by atoms with Crippen LogP contribution in [-0.2, 0) is 23.9 Å². The summed E-state index contributed by atoms with van der Waals surface area (Å²) in [4.78, 5) is 50.0. The summed E-state index contributed by atoms with van der Waals surface area (Å²) in [6.07, 6.45) is 5.44. The summed E-state index contributed by atoms with van der Waals surface area (Å²) in [5.74, 6) is 0.533. The van der Waals surface area contributed by atoms with E-state index < -0.39 is 11.6 Å². The molecule has 0 aromatic rings. The van der Waals surface area contributed by atoms with Crippen LogP contribution in [0.1, 0.15) is 79.1 Å². The van der Waals surface area contributed by atoms with Gasteiger partial charge in [-0.25, -0.2) is 0 Å². The van der Waals surface area contributed by atoms with Crippen LogP contribution in [0.3, 0.4) is 0 Å². The van der Waals surface area contributed by atoms with Crippen molar-refractivity contribution in [2.24, 2.45) is 34.5 Å². The smallest absolute Gasteiger partial charge is 0.303 e. The molecular weight excluding hydrogens is 356 g/mol. The number of carbonyl (C=O) groups is 4. The van der Waals surface area contributed by atoms with Crippen molar-refractivity contribution in [1.29, 1.82) is 0 Å². The molecule has 4 fully saturated rings. The molecule has 0 bridgehead atoms. The van der Waals surface area contributed by atoms with Gasteiger partial charge in [-0.15, -0.1) is 0 Å². The van der Waals surface area contributed by atoms with E-state index in [2.05, 4.69) is 13.8 Å². The van der Waals surface area contributed by atoms with Crippen molar-refractivity contribution in [2.75, 3.05) is 0 Å². The van der Waals surface area contributed by atoms with E-state index in [-0.39, 0.29) is 46.1 Å². The average molecular weight is 389 g/mol. The molecule has 4 aliphatic carbocycles. The Kier molecular flexibility index (Phi) is 4.41. The first-order chi connectivity index (χ1) is 13.0. The number of fused-ring (bicyclic) bond motifs is 5. The standard InChI is InChI=1S/C23H32O5/c1-13(24)23(28-14(2)25)10-9-21(3)15(12-23)11-18(26)20-16-5-6-19(27)22(16,4)8-7-17(20)21/h15-17,20H,5-12H2,1-4H3/t15-,16-,17-,20-,21-,22-,23+/m0/s1. The fraction of sp³-hybridized carbons (Fsp3) is 0.826. The van der Waals surface area contributed by atoms with Crippen LogP contribution in [0, 0.1) is 34.5 Å². The summed E-state index contributed by atoms with van der Waals surface area (Å²) in [6.45, 7) is 7.20. The maximum absolute atomic E-state index is 13.3. The molecule has 0 unspecified atom stereocenters. The number of Topliss-reactive ketones (excluding diaryl/α,β-unsaturated/α-hetero) is 3. The number of hydrogen-bond donors (Lipinski definition) is 0. The molecule has 154 valence electrons. The van der Waals surface area contributed by atoms with E-state index in [1.165, 1.54) is 13.8 Å². The topological polar surface area (TPSA) is 77.5 Å². The van der Waals surface area contributed by atoms with Gasteiger partial charge in [0, 0.05) is 31.1 Å². The van der Waals surface area contributed by atoms with Crippen LogP contribution < -0.4 is 0 Å². The van der Waals surface area contributed by atoms with E-state index >= 15 is 0 Å². The lowest BCUT2D eigenvalue weighted by Crippen LogP contribution is -2.60. The van der Waals surface area contributed by atoms with Crippen molar-refractivity contribution >= 4 is 23.3 Å². The number of esters is 1. The molecule has 4 aliphatic rings. The maximum atomic E-state index is 13.3. The molecular formula is C23H32O5. The Morgan fingerprint density at radius 2 is 1.71 bits per heavy atom. The highest BCUT2D eigenvalue weighted by Gasteiger charge is 2.64. The van der Waals surface area contributed by atoms with Gasteiger partial charge in [0.15, 0.2) is 11.4 Å². The molecule has 0 spiro atoms. The van der Waals surface area contributed by atoms with E-state index in [0.29, 0.717) is 31.5 Å². The van der Waals surface area contributed by atoms with Gasteiger partial charge < -0.3 is 4.74 Å². The van der Waals surface area contributed by atoms with E-state index in [1.54, 1.807) is 0 Å². The number of rotatable bonds is 2. The van der Waals surface area contributed by atoms with Gasteiger partial charge in [-0.2, -0.15) is 0 Å². The van der Waals surface area contributed by atoms with Gasteiger partial charge in [0.25, 0.3) is 0 Å². The third-order valence-electron chi connectivity index (χ3n) is 9.20. The van der Waals surface area contributed by atoms with Crippen LogP contribution >= 0.6 is 0 Å². The van der Waals surface area contributed by atoms with Gasteiger partial charge in [-0.05, 0) is 68.6 Å². The van der Waals surface area contributed by atoms with Crippen molar-refractivity contribution in [2.45, 2.75) is 84.7 Å². The van der Waals surface area contributed by atoms with Gasteiger partial charge in [0.2, 0.25) is 0 Å². The lowest BCUT2D eigenvalue weighted by atomic mass is 9.44. The lowest BCUT2D eigenvalue weighted by Gasteiger charge is -2.60. The van der Waals surface area contributed by atoms with Gasteiger partial charge in [-0.1, -0.05) is 13.8 Å². The van der Waals surface area contributed by atoms with Gasteiger partial charge in [0.05, 0.1) is 0 Å². The summed E-state index contributed by atoms with van der Waals surface area (Å²) in [7, 11) is 0. The summed E-state index contributed by atoms with van der Waals surface area (Å²) in [5, 5.41) is 0. The molecule has 4 rings (SSSR count). The first kappa shape index (κ1) is 19.8. The zero-order valence-corrected chi connectivity index (χ0v) is 17.5. The van der Waals surface area contributed by atoms with Gasteiger partial charge in [0.1, 0.15) is 11.6 Å². The molecule has 0 aromatic heterocycles. The highest BCUT2D eigenvalue weighted by atomic mass is 16.6. The van der Waals surface area contributed by atoms with Gasteiger partial charge in [-0.3, -0.25) is 19.2 Å². The Morgan fingerprint density at radius 1 is 1.00 bits per heavy atom. The molecule has 0 aromatic carbocycles. The van der Waals surface area contributed by atoms with Crippen molar-refractivity contribution in [1.82, 2.24) is 0 Å². The van der Waals surface area contributed by atoms with Crippen LogP contribution in [0.25, 0.3) is 0 Å². The highest BCUT2D eigenvalue weighted by Crippen LogP contribution is 2.65. The van der Waals surface area contributed by atoms with Crippen molar-refractivity contribution in [3.63, 3.8) is 0 Å². The number of carbonyl (C=O) groups excluding carboxylic acids is 4. The predicted molar refractivity (Wildman–Crippen MR) is 102 cm³/mol. The van der Waals surface area contributed by atoms with Crippen LogP contribution in [0.4, 0.5) is 0 Å². The quantitative estimate of drug-likeness (QED) is 0.675. The lowest BCUT2D eigenvalue weighted by molar-refractivity contribution is -0.187. The van der Waals surface area contributed by atoms with Crippen LogP contribution in [0.15, 0.2) is 0 Å². The minimum Gasteiger partial charge on any atom is -0.451 e. The molecule has 0 heterocycles. The normalized spacial score (nSPS) is 47.7. The Hall–Kier alpha value is -1.52. The molecule has 4 saturated carbocycles. The largest absolute Gasteiger partial charge is 0.451 e. The summed E-state index contributed by atoms with van der Waals surface area (Å²) < 4.78 is 5.56. The number of ether oxygens (including phenoxy) is 1. The fourth-order valence-corrected chi connectivity index (χ4v) is 7.44. The Balaban J connectivity index is 1.66. The van der Waals surface area contributed by atoms with Gasteiger partial charge >= 0.3 is 5.97 Å². The Morgan fingerprint density at radius 3 is 2.36 bits per heavy atom. The highest BCUT2D eigenvalue weighted by molar-refractivity contribution is 5.91. The van der Waals surface area contributed by atoms with Crippen LogP contribution in [0.2, 0.25) is 0 Å².